The molecule has 0 bridgehead atoms. The number of nitrogens with one attached hydrogen (secondary N) is 1. The van der Waals surface area contributed by atoms with Crippen molar-refractivity contribution in [3.8, 4) is 5.75 Å². The van der Waals surface area contributed by atoms with Crippen LogP contribution in [0.15, 0.2) is 27.1 Å². The molecule has 9 heteroatoms. The molecular weight excluding hydrogens is 491 g/mol. The van der Waals surface area contributed by atoms with E-state index in [4.69, 9.17) is 11.6 Å². The third kappa shape index (κ3) is 3.13. The monoisotopic (exact) mass is 500 g/mol. The summed E-state index contributed by atoms with van der Waals surface area (Å²) in [6.45, 7) is 1.85. The first kappa shape index (κ1) is 18.9. The zero-order valence-corrected chi connectivity index (χ0v) is 17.2. The molecule has 3 rings (SSSR count). The highest BCUT2D eigenvalue weighted by Gasteiger charge is 2.29. The molecule has 0 aliphatic carbocycles. The van der Waals surface area contributed by atoms with Crippen molar-refractivity contribution in [3.63, 3.8) is 0 Å². The van der Waals surface area contributed by atoms with Gasteiger partial charge in [-0.15, -0.1) is 11.6 Å². The van der Waals surface area contributed by atoms with Crippen LogP contribution in [-0.2, 0) is 10.7 Å². The van der Waals surface area contributed by atoms with E-state index in [2.05, 4.69) is 37.2 Å². The van der Waals surface area contributed by atoms with E-state index in [0.29, 0.717) is 21.3 Å². The first-order valence-electron chi connectivity index (χ1n) is 7.32. The van der Waals surface area contributed by atoms with Crippen molar-refractivity contribution >= 4 is 72.4 Å². The number of nitro groups is 1. The Kier molecular flexibility index (Phi) is 5.09. The topological polar surface area (TPSA) is 92.5 Å². The van der Waals surface area contributed by atoms with Gasteiger partial charge in [0.2, 0.25) is 0 Å². The molecule has 0 spiro atoms. The summed E-state index contributed by atoms with van der Waals surface area (Å²) in [5.41, 5.74) is 2.57. The third-order valence-corrected chi connectivity index (χ3v) is 5.82. The number of rotatable bonds is 3. The van der Waals surface area contributed by atoms with E-state index >= 15 is 0 Å². The number of halogens is 3. The van der Waals surface area contributed by atoms with Crippen molar-refractivity contribution < 1.29 is 14.8 Å². The lowest BCUT2D eigenvalue weighted by atomic mass is 9.98. The minimum Gasteiger partial charge on any atom is -0.507 e. The van der Waals surface area contributed by atoms with Gasteiger partial charge in [-0.25, -0.2) is 0 Å². The molecule has 0 radical (unpaired) electrons. The summed E-state index contributed by atoms with van der Waals surface area (Å²) in [5, 5.41) is 24.3. The molecule has 0 saturated carbocycles. The maximum absolute atomic E-state index is 12.5. The number of anilines is 1. The van der Waals surface area contributed by atoms with Crippen LogP contribution in [0.3, 0.4) is 0 Å². The van der Waals surface area contributed by atoms with Gasteiger partial charge in [0.1, 0.15) is 5.75 Å². The standard InChI is InChI=1S/C17H11Br2ClN2O4/c1-7-12(18)5-13(19)15-14(7)11(17(24)21-15)4-8-2-10(22(25)26)3-9(6-20)16(8)23/h2-5,23H,6H2,1H3,(H,21,24). The Morgan fingerprint density at radius 3 is 2.62 bits per heavy atom. The van der Waals surface area contributed by atoms with Crippen molar-refractivity contribution in [2.24, 2.45) is 0 Å². The Morgan fingerprint density at radius 2 is 2.00 bits per heavy atom. The number of fused-ring (bicyclic) bond motifs is 1. The number of hydrogen-bond donors (Lipinski definition) is 2. The third-order valence-electron chi connectivity index (χ3n) is 4.09. The van der Waals surface area contributed by atoms with Gasteiger partial charge in [0, 0.05) is 37.8 Å². The Hall–Kier alpha value is -1.90. The minimum absolute atomic E-state index is 0.0946. The van der Waals surface area contributed by atoms with Crippen LogP contribution in [0.25, 0.3) is 11.6 Å². The predicted octanol–water partition coefficient (Wildman–Crippen LogP) is 5.37. The number of hydrogen-bond acceptors (Lipinski definition) is 4. The van der Waals surface area contributed by atoms with Crippen LogP contribution in [0.1, 0.15) is 22.3 Å². The first-order valence-corrected chi connectivity index (χ1v) is 9.45. The summed E-state index contributed by atoms with van der Waals surface area (Å²) in [6, 6.07) is 4.26. The number of amides is 1. The highest BCUT2D eigenvalue weighted by Crippen LogP contribution is 2.44. The number of phenolic OH excluding ortho intramolecular Hbond substituents is 1. The van der Waals surface area contributed by atoms with Crippen molar-refractivity contribution in [3.05, 3.63) is 59.5 Å². The van der Waals surface area contributed by atoms with E-state index in [1.807, 2.05) is 13.0 Å². The Morgan fingerprint density at radius 1 is 1.31 bits per heavy atom. The molecule has 0 fully saturated rings. The second-order valence-electron chi connectivity index (χ2n) is 5.66. The maximum Gasteiger partial charge on any atom is 0.270 e. The van der Waals surface area contributed by atoms with Crippen LogP contribution in [0.4, 0.5) is 11.4 Å². The van der Waals surface area contributed by atoms with Gasteiger partial charge in [0.05, 0.1) is 22.1 Å². The van der Waals surface area contributed by atoms with E-state index in [9.17, 15) is 20.0 Å². The van der Waals surface area contributed by atoms with Crippen LogP contribution in [0.5, 0.6) is 5.75 Å². The quantitative estimate of drug-likeness (QED) is 0.256. The van der Waals surface area contributed by atoms with Gasteiger partial charge in [-0.1, -0.05) is 15.9 Å². The molecule has 0 saturated heterocycles. The number of nitrogens with zero attached hydrogens (tertiary/aromatic N) is 1. The number of nitro benzene ring substituents is 1. The van der Waals surface area contributed by atoms with Crippen LogP contribution < -0.4 is 5.32 Å². The van der Waals surface area contributed by atoms with Gasteiger partial charge in [-0.2, -0.15) is 0 Å². The number of carbonyl (C=O) groups is 1. The largest absolute Gasteiger partial charge is 0.507 e. The zero-order chi connectivity index (χ0) is 19.2. The molecule has 6 nitrogen and oxygen atoms in total. The molecule has 0 atom stereocenters. The molecule has 0 unspecified atom stereocenters. The van der Waals surface area contributed by atoms with E-state index in [1.54, 1.807) is 0 Å². The molecule has 1 heterocycles. The lowest BCUT2D eigenvalue weighted by Gasteiger charge is -2.09. The van der Waals surface area contributed by atoms with E-state index < -0.39 is 4.92 Å². The summed E-state index contributed by atoms with van der Waals surface area (Å²) < 4.78 is 1.50. The molecule has 1 aliphatic rings. The fraction of sp³-hybridized carbons (Fsp3) is 0.118. The number of phenols is 1. The van der Waals surface area contributed by atoms with Gasteiger partial charge in [0.25, 0.3) is 11.6 Å². The summed E-state index contributed by atoms with van der Waals surface area (Å²) >= 11 is 12.6. The minimum atomic E-state index is -0.571. The van der Waals surface area contributed by atoms with E-state index in [-0.39, 0.29) is 34.4 Å². The van der Waals surface area contributed by atoms with Crippen molar-refractivity contribution in [2.45, 2.75) is 12.8 Å². The highest BCUT2D eigenvalue weighted by atomic mass is 79.9. The van der Waals surface area contributed by atoms with Crippen LogP contribution in [0.2, 0.25) is 0 Å². The molecule has 2 N–H and O–H groups in total. The van der Waals surface area contributed by atoms with Crippen molar-refractivity contribution in [1.29, 1.82) is 0 Å². The van der Waals surface area contributed by atoms with Gasteiger partial charge < -0.3 is 10.4 Å². The van der Waals surface area contributed by atoms with Crippen molar-refractivity contribution in [2.75, 3.05) is 5.32 Å². The van der Waals surface area contributed by atoms with Crippen molar-refractivity contribution in [1.82, 2.24) is 0 Å². The molecule has 2 aromatic carbocycles. The highest BCUT2D eigenvalue weighted by molar-refractivity contribution is 9.11. The lowest BCUT2D eigenvalue weighted by molar-refractivity contribution is -0.384. The van der Waals surface area contributed by atoms with Gasteiger partial charge >= 0.3 is 0 Å². The predicted molar refractivity (Wildman–Crippen MR) is 107 cm³/mol. The number of carbonyl (C=O) groups excluding carboxylic acids is 1. The smallest absolute Gasteiger partial charge is 0.270 e. The van der Waals surface area contributed by atoms with E-state index in [0.717, 1.165) is 10.0 Å². The molecule has 1 amide bonds. The van der Waals surface area contributed by atoms with Gasteiger partial charge in [-0.3, -0.25) is 14.9 Å². The normalized spacial score (nSPS) is 14.5. The fourth-order valence-corrected chi connectivity index (χ4v) is 4.25. The zero-order valence-electron chi connectivity index (χ0n) is 13.3. The van der Waals surface area contributed by atoms with E-state index in [1.165, 1.54) is 18.2 Å². The second kappa shape index (κ2) is 7.02. The summed E-state index contributed by atoms with van der Waals surface area (Å²) in [7, 11) is 0. The van der Waals surface area contributed by atoms with Gasteiger partial charge in [0.15, 0.2) is 0 Å². The number of aromatic hydroxyl groups is 1. The Bertz CT molecular complexity index is 1000. The number of benzene rings is 2. The molecule has 2 aromatic rings. The number of alkyl halides is 1. The van der Waals surface area contributed by atoms with Crippen LogP contribution in [0, 0.1) is 17.0 Å². The van der Waals surface area contributed by atoms with Crippen LogP contribution >= 0.6 is 43.5 Å². The fourth-order valence-electron chi connectivity index (χ4n) is 2.78. The molecular formula is C17H11Br2ClN2O4. The summed E-state index contributed by atoms with van der Waals surface area (Å²) in [6.07, 6.45) is 1.44. The molecule has 26 heavy (non-hydrogen) atoms. The summed E-state index contributed by atoms with van der Waals surface area (Å²) in [5.74, 6) is -0.644. The SMILES string of the molecule is Cc1c(Br)cc(Br)c2c1C(=Cc1cc([N+](=O)[O-])cc(CCl)c1O)C(=O)N2. The Balaban J connectivity index is 2.27. The average molecular weight is 503 g/mol. The van der Waals surface area contributed by atoms with Crippen LogP contribution in [-0.4, -0.2) is 15.9 Å². The molecule has 134 valence electrons. The average Bonchev–Trinajstić information content (AvgIpc) is 2.91. The Labute approximate surface area is 170 Å². The number of non-ortho nitro benzene ring substituents is 1. The maximum atomic E-state index is 12.5. The molecule has 0 aromatic heterocycles. The summed E-state index contributed by atoms with van der Waals surface area (Å²) in [4.78, 5) is 23.1. The second-order valence-corrected chi connectivity index (χ2v) is 7.64. The van der Waals surface area contributed by atoms with Gasteiger partial charge in [-0.05, 0) is 40.6 Å². The lowest BCUT2D eigenvalue weighted by Crippen LogP contribution is -2.04. The molecule has 1 aliphatic heterocycles. The first-order chi connectivity index (χ1) is 12.2.